The Hall–Kier alpha value is -2.10. The van der Waals surface area contributed by atoms with Gasteiger partial charge in [-0.1, -0.05) is 6.07 Å². The topological polar surface area (TPSA) is 42.4 Å². The minimum atomic E-state index is -0.323. The monoisotopic (exact) mass is 244 g/mol. The molecule has 18 heavy (non-hydrogen) atoms. The van der Waals surface area contributed by atoms with Crippen molar-refractivity contribution in [2.75, 3.05) is 13.1 Å². The van der Waals surface area contributed by atoms with Gasteiger partial charge in [0.25, 0.3) is 0 Å². The lowest BCUT2D eigenvalue weighted by atomic mass is 10.2. The van der Waals surface area contributed by atoms with Gasteiger partial charge in [0.2, 0.25) is 0 Å². The molecular weight excluding hydrogens is 228 g/mol. The van der Waals surface area contributed by atoms with Crippen LogP contribution in [0.25, 0.3) is 10.9 Å². The second-order valence-corrected chi connectivity index (χ2v) is 3.87. The smallest absolute Gasteiger partial charge is 0.409 e. The lowest BCUT2D eigenvalue weighted by molar-refractivity contribution is 0.158. The quantitative estimate of drug-likeness (QED) is 0.833. The first-order chi connectivity index (χ1) is 8.76. The summed E-state index contributed by atoms with van der Waals surface area (Å²) in [6, 6.07) is 9.24. The van der Waals surface area contributed by atoms with E-state index in [0.717, 1.165) is 10.9 Å². The molecule has 0 saturated carbocycles. The summed E-state index contributed by atoms with van der Waals surface area (Å²) in [6.45, 7) is 5.13. The number of pyridine rings is 1. The molecule has 0 aliphatic rings. The number of fused-ring (bicyclic) bond motifs is 1. The molecule has 94 valence electrons. The third kappa shape index (κ3) is 2.42. The van der Waals surface area contributed by atoms with E-state index in [2.05, 4.69) is 4.98 Å². The lowest BCUT2D eigenvalue weighted by Gasteiger charge is -2.18. The van der Waals surface area contributed by atoms with Crippen LogP contribution in [-0.2, 0) is 0 Å². The third-order valence-corrected chi connectivity index (χ3v) is 2.82. The summed E-state index contributed by atoms with van der Waals surface area (Å²) in [7, 11) is 0. The van der Waals surface area contributed by atoms with Gasteiger partial charge in [-0.3, -0.25) is 4.98 Å². The minimum Gasteiger partial charge on any atom is -0.409 e. The van der Waals surface area contributed by atoms with Crippen molar-refractivity contribution in [3.8, 4) is 5.75 Å². The standard InChI is InChI=1S/C14H16N2O2/c1-3-16(4-2)14(17)18-13-9-5-8-12-11(13)7-6-10-15-12/h5-10H,3-4H2,1-2H3. The highest BCUT2D eigenvalue weighted by Gasteiger charge is 2.13. The van der Waals surface area contributed by atoms with Crippen LogP contribution in [0.15, 0.2) is 36.5 Å². The minimum absolute atomic E-state index is 0.323. The molecule has 0 fully saturated rings. The van der Waals surface area contributed by atoms with E-state index in [4.69, 9.17) is 4.74 Å². The molecule has 1 aromatic heterocycles. The van der Waals surface area contributed by atoms with Crippen LogP contribution in [0.2, 0.25) is 0 Å². The second-order valence-electron chi connectivity index (χ2n) is 3.87. The van der Waals surface area contributed by atoms with E-state index in [1.807, 2.05) is 38.1 Å². The summed E-state index contributed by atoms with van der Waals surface area (Å²) in [5, 5.41) is 0.848. The van der Waals surface area contributed by atoms with Crippen molar-refractivity contribution in [3.63, 3.8) is 0 Å². The predicted molar refractivity (Wildman–Crippen MR) is 70.7 cm³/mol. The average Bonchev–Trinajstić information content (AvgIpc) is 2.40. The maximum absolute atomic E-state index is 11.9. The zero-order valence-corrected chi connectivity index (χ0v) is 10.6. The van der Waals surface area contributed by atoms with Gasteiger partial charge >= 0.3 is 6.09 Å². The van der Waals surface area contributed by atoms with E-state index in [0.29, 0.717) is 18.8 Å². The van der Waals surface area contributed by atoms with Crippen molar-refractivity contribution in [2.45, 2.75) is 13.8 Å². The molecule has 2 aromatic rings. The van der Waals surface area contributed by atoms with Crippen molar-refractivity contribution in [1.29, 1.82) is 0 Å². The Morgan fingerprint density at radius 1 is 1.22 bits per heavy atom. The fourth-order valence-electron chi connectivity index (χ4n) is 1.80. The van der Waals surface area contributed by atoms with E-state index in [9.17, 15) is 4.79 Å². The van der Waals surface area contributed by atoms with Gasteiger partial charge in [0, 0.05) is 24.7 Å². The largest absolute Gasteiger partial charge is 0.415 e. The normalized spacial score (nSPS) is 10.3. The van der Waals surface area contributed by atoms with E-state index in [1.54, 1.807) is 17.2 Å². The van der Waals surface area contributed by atoms with E-state index in [1.165, 1.54) is 0 Å². The molecule has 1 amide bonds. The number of carbonyl (C=O) groups is 1. The summed E-state index contributed by atoms with van der Waals surface area (Å²) in [5.74, 6) is 0.553. The molecule has 0 unspecified atom stereocenters. The van der Waals surface area contributed by atoms with Crippen molar-refractivity contribution in [2.24, 2.45) is 0 Å². The van der Waals surface area contributed by atoms with Gasteiger partial charge in [-0.2, -0.15) is 0 Å². The number of hydrogen-bond donors (Lipinski definition) is 0. The van der Waals surface area contributed by atoms with Crippen molar-refractivity contribution in [3.05, 3.63) is 36.5 Å². The van der Waals surface area contributed by atoms with Gasteiger partial charge in [-0.25, -0.2) is 4.79 Å². The fourth-order valence-corrected chi connectivity index (χ4v) is 1.80. The first-order valence-corrected chi connectivity index (χ1v) is 6.06. The Kier molecular flexibility index (Phi) is 3.77. The van der Waals surface area contributed by atoms with Crippen LogP contribution in [0.1, 0.15) is 13.8 Å². The van der Waals surface area contributed by atoms with Crippen molar-refractivity contribution in [1.82, 2.24) is 9.88 Å². The molecule has 0 atom stereocenters. The molecule has 0 saturated heterocycles. The zero-order chi connectivity index (χ0) is 13.0. The van der Waals surface area contributed by atoms with Gasteiger partial charge in [0.05, 0.1) is 5.52 Å². The van der Waals surface area contributed by atoms with E-state index >= 15 is 0 Å². The number of aromatic nitrogens is 1. The Morgan fingerprint density at radius 3 is 2.72 bits per heavy atom. The molecular formula is C14H16N2O2. The van der Waals surface area contributed by atoms with Gasteiger partial charge < -0.3 is 9.64 Å². The summed E-state index contributed by atoms with van der Waals surface area (Å²) >= 11 is 0. The predicted octanol–water partition coefficient (Wildman–Crippen LogP) is 3.08. The molecule has 1 aromatic carbocycles. The molecule has 4 heteroatoms. The Bertz CT molecular complexity index is 545. The Labute approximate surface area is 106 Å². The van der Waals surface area contributed by atoms with Gasteiger partial charge in [-0.05, 0) is 38.1 Å². The maximum atomic E-state index is 11.9. The Morgan fingerprint density at radius 2 is 2.00 bits per heavy atom. The van der Waals surface area contributed by atoms with Gasteiger partial charge in [0.1, 0.15) is 5.75 Å². The molecule has 0 radical (unpaired) electrons. The highest BCUT2D eigenvalue weighted by molar-refractivity contribution is 5.87. The number of benzene rings is 1. The summed E-state index contributed by atoms with van der Waals surface area (Å²) < 4.78 is 5.42. The molecule has 4 nitrogen and oxygen atoms in total. The number of hydrogen-bond acceptors (Lipinski definition) is 3. The number of carbonyl (C=O) groups excluding carboxylic acids is 1. The molecule has 0 N–H and O–H groups in total. The maximum Gasteiger partial charge on any atom is 0.415 e. The lowest BCUT2D eigenvalue weighted by Crippen LogP contribution is -2.33. The number of rotatable bonds is 3. The van der Waals surface area contributed by atoms with Crippen LogP contribution in [-0.4, -0.2) is 29.1 Å². The fraction of sp³-hybridized carbons (Fsp3) is 0.286. The van der Waals surface area contributed by atoms with Crippen LogP contribution < -0.4 is 4.74 Å². The molecule has 0 bridgehead atoms. The van der Waals surface area contributed by atoms with Crippen LogP contribution >= 0.6 is 0 Å². The number of ether oxygens (including phenoxy) is 1. The third-order valence-electron chi connectivity index (χ3n) is 2.82. The van der Waals surface area contributed by atoms with Crippen LogP contribution in [0.4, 0.5) is 4.79 Å². The van der Waals surface area contributed by atoms with Crippen LogP contribution in [0.3, 0.4) is 0 Å². The molecule has 0 aliphatic heterocycles. The summed E-state index contributed by atoms with van der Waals surface area (Å²) in [4.78, 5) is 17.8. The summed E-state index contributed by atoms with van der Waals surface area (Å²) in [5.41, 5.74) is 0.822. The van der Waals surface area contributed by atoms with Crippen molar-refractivity contribution >= 4 is 17.0 Å². The van der Waals surface area contributed by atoms with Gasteiger partial charge in [0.15, 0.2) is 0 Å². The SMILES string of the molecule is CCN(CC)C(=O)Oc1cccc2ncccc12. The first-order valence-electron chi connectivity index (χ1n) is 6.06. The Balaban J connectivity index is 2.29. The number of nitrogens with zero attached hydrogens (tertiary/aromatic N) is 2. The summed E-state index contributed by atoms with van der Waals surface area (Å²) in [6.07, 6.45) is 1.40. The van der Waals surface area contributed by atoms with Gasteiger partial charge in [-0.15, -0.1) is 0 Å². The molecule has 0 aliphatic carbocycles. The molecule has 1 heterocycles. The van der Waals surface area contributed by atoms with E-state index < -0.39 is 0 Å². The first kappa shape index (κ1) is 12.4. The van der Waals surface area contributed by atoms with E-state index in [-0.39, 0.29) is 6.09 Å². The van der Waals surface area contributed by atoms with Crippen LogP contribution in [0, 0.1) is 0 Å². The highest BCUT2D eigenvalue weighted by atomic mass is 16.6. The van der Waals surface area contributed by atoms with Crippen LogP contribution in [0.5, 0.6) is 5.75 Å². The second kappa shape index (κ2) is 5.49. The molecule has 0 spiro atoms. The highest BCUT2D eigenvalue weighted by Crippen LogP contribution is 2.24. The zero-order valence-electron chi connectivity index (χ0n) is 10.6. The average molecular weight is 244 g/mol. The molecule has 2 rings (SSSR count). The number of amides is 1. The van der Waals surface area contributed by atoms with Crippen molar-refractivity contribution < 1.29 is 9.53 Å².